The Labute approximate surface area is 107 Å². The second kappa shape index (κ2) is 6.79. The summed E-state index contributed by atoms with van der Waals surface area (Å²) in [4.78, 5) is 6.38. The number of anilines is 1. The van der Waals surface area contributed by atoms with Gasteiger partial charge in [-0.05, 0) is 25.5 Å². The molecule has 1 rings (SSSR count). The average molecular weight is 259 g/mol. The molecule has 4 nitrogen and oxygen atoms in total. The Bertz CT molecular complexity index is 360. The number of aliphatic hydroxyl groups is 1. The standard InChI is InChI=1S/C12H19ClN2O2/c1-4-15(9(2)8-17-3)12-11(13)5-10(7-16)6-14-12/h5-6,9,16H,4,7-8H2,1-3H3. The summed E-state index contributed by atoms with van der Waals surface area (Å²) in [7, 11) is 1.67. The van der Waals surface area contributed by atoms with Gasteiger partial charge in [-0.15, -0.1) is 0 Å². The molecule has 0 fully saturated rings. The molecule has 0 spiro atoms. The predicted octanol–water partition coefficient (Wildman–Crippen LogP) is 2.09. The van der Waals surface area contributed by atoms with Crippen molar-refractivity contribution in [1.29, 1.82) is 0 Å². The number of rotatable bonds is 6. The molecule has 0 radical (unpaired) electrons. The third-order valence-corrected chi connectivity index (χ3v) is 2.89. The third kappa shape index (κ3) is 3.56. The van der Waals surface area contributed by atoms with Crippen molar-refractivity contribution in [3.8, 4) is 0 Å². The molecule has 1 aromatic heterocycles. The first-order valence-electron chi connectivity index (χ1n) is 5.64. The number of ether oxygens (including phenoxy) is 1. The van der Waals surface area contributed by atoms with E-state index >= 15 is 0 Å². The number of aliphatic hydroxyl groups excluding tert-OH is 1. The summed E-state index contributed by atoms with van der Waals surface area (Å²) >= 11 is 6.17. The van der Waals surface area contributed by atoms with Crippen LogP contribution in [-0.4, -0.2) is 36.4 Å². The first kappa shape index (κ1) is 14.2. The molecule has 0 aromatic carbocycles. The van der Waals surface area contributed by atoms with E-state index in [1.165, 1.54) is 0 Å². The molecular formula is C12H19ClN2O2. The van der Waals surface area contributed by atoms with Crippen molar-refractivity contribution >= 4 is 17.4 Å². The van der Waals surface area contributed by atoms with Gasteiger partial charge in [-0.3, -0.25) is 0 Å². The van der Waals surface area contributed by atoms with E-state index in [4.69, 9.17) is 21.4 Å². The Balaban J connectivity index is 2.95. The van der Waals surface area contributed by atoms with Crippen LogP contribution in [-0.2, 0) is 11.3 Å². The van der Waals surface area contributed by atoms with E-state index in [2.05, 4.69) is 16.8 Å². The van der Waals surface area contributed by atoms with Gasteiger partial charge in [0, 0.05) is 19.9 Å². The Morgan fingerprint density at radius 1 is 1.59 bits per heavy atom. The maximum absolute atomic E-state index is 9.01. The van der Waals surface area contributed by atoms with Gasteiger partial charge in [0.25, 0.3) is 0 Å². The summed E-state index contributed by atoms with van der Waals surface area (Å²) in [6.07, 6.45) is 1.64. The number of aromatic nitrogens is 1. The fourth-order valence-electron chi connectivity index (χ4n) is 1.77. The van der Waals surface area contributed by atoms with E-state index in [0.717, 1.165) is 12.4 Å². The molecule has 0 aliphatic heterocycles. The molecule has 1 N–H and O–H groups in total. The van der Waals surface area contributed by atoms with Crippen molar-refractivity contribution in [2.75, 3.05) is 25.2 Å². The van der Waals surface area contributed by atoms with Crippen molar-refractivity contribution < 1.29 is 9.84 Å². The molecule has 0 aliphatic carbocycles. The van der Waals surface area contributed by atoms with Crippen molar-refractivity contribution in [3.63, 3.8) is 0 Å². The number of halogens is 1. The Kier molecular flexibility index (Phi) is 5.68. The lowest BCUT2D eigenvalue weighted by molar-refractivity contribution is 0.181. The van der Waals surface area contributed by atoms with E-state index in [0.29, 0.717) is 17.2 Å². The Hall–Kier alpha value is -0.840. The van der Waals surface area contributed by atoms with Crippen LogP contribution in [0.25, 0.3) is 0 Å². The Morgan fingerprint density at radius 3 is 2.76 bits per heavy atom. The minimum Gasteiger partial charge on any atom is -0.392 e. The quantitative estimate of drug-likeness (QED) is 0.849. The normalized spacial score (nSPS) is 12.5. The van der Waals surface area contributed by atoms with E-state index < -0.39 is 0 Å². The van der Waals surface area contributed by atoms with Gasteiger partial charge in [-0.25, -0.2) is 4.98 Å². The lowest BCUT2D eigenvalue weighted by Gasteiger charge is -2.29. The smallest absolute Gasteiger partial charge is 0.147 e. The van der Waals surface area contributed by atoms with Crippen molar-refractivity contribution in [2.24, 2.45) is 0 Å². The van der Waals surface area contributed by atoms with E-state index in [9.17, 15) is 0 Å². The maximum Gasteiger partial charge on any atom is 0.147 e. The van der Waals surface area contributed by atoms with Crippen molar-refractivity contribution in [3.05, 3.63) is 22.8 Å². The molecule has 1 atom stereocenters. The van der Waals surface area contributed by atoms with E-state index in [1.54, 1.807) is 19.4 Å². The largest absolute Gasteiger partial charge is 0.392 e. The molecule has 0 aliphatic rings. The van der Waals surface area contributed by atoms with Gasteiger partial charge in [0.05, 0.1) is 24.3 Å². The second-order valence-corrected chi connectivity index (χ2v) is 4.30. The van der Waals surface area contributed by atoms with Crippen LogP contribution in [0.5, 0.6) is 0 Å². The molecule has 1 heterocycles. The topological polar surface area (TPSA) is 45.6 Å². The number of methoxy groups -OCH3 is 1. The summed E-state index contributed by atoms with van der Waals surface area (Å²) in [5, 5.41) is 9.57. The van der Waals surface area contributed by atoms with Gasteiger partial charge in [0.15, 0.2) is 0 Å². The minimum absolute atomic E-state index is 0.0489. The van der Waals surface area contributed by atoms with Gasteiger partial charge in [0.2, 0.25) is 0 Å². The van der Waals surface area contributed by atoms with E-state index in [1.807, 2.05) is 6.92 Å². The molecule has 1 aromatic rings. The fourth-order valence-corrected chi connectivity index (χ4v) is 2.07. The minimum atomic E-state index is -0.0489. The Morgan fingerprint density at radius 2 is 2.29 bits per heavy atom. The van der Waals surface area contributed by atoms with Crippen molar-refractivity contribution in [2.45, 2.75) is 26.5 Å². The van der Waals surface area contributed by atoms with Crippen LogP contribution >= 0.6 is 11.6 Å². The fraction of sp³-hybridized carbons (Fsp3) is 0.583. The monoisotopic (exact) mass is 258 g/mol. The van der Waals surface area contributed by atoms with Crippen LogP contribution in [0.1, 0.15) is 19.4 Å². The highest BCUT2D eigenvalue weighted by molar-refractivity contribution is 6.33. The van der Waals surface area contributed by atoms with E-state index in [-0.39, 0.29) is 12.6 Å². The first-order chi connectivity index (χ1) is 8.13. The molecular weight excluding hydrogens is 240 g/mol. The molecule has 96 valence electrons. The van der Waals surface area contributed by atoms with Gasteiger partial charge in [0.1, 0.15) is 5.82 Å². The van der Waals surface area contributed by atoms with Crippen molar-refractivity contribution in [1.82, 2.24) is 4.98 Å². The summed E-state index contributed by atoms with van der Waals surface area (Å²) in [5.41, 5.74) is 0.717. The van der Waals surface area contributed by atoms with Crippen LogP contribution in [0.15, 0.2) is 12.3 Å². The number of nitrogens with zero attached hydrogens (tertiary/aromatic N) is 2. The first-order valence-corrected chi connectivity index (χ1v) is 6.02. The number of pyridine rings is 1. The van der Waals surface area contributed by atoms with Crippen LogP contribution in [0.3, 0.4) is 0 Å². The average Bonchev–Trinajstić information content (AvgIpc) is 2.32. The lowest BCUT2D eigenvalue weighted by atomic mass is 10.2. The summed E-state index contributed by atoms with van der Waals surface area (Å²) in [5.74, 6) is 0.732. The molecule has 0 amide bonds. The summed E-state index contributed by atoms with van der Waals surface area (Å²) in [6, 6.07) is 1.95. The molecule has 1 unspecified atom stereocenters. The highest BCUT2D eigenvalue weighted by atomic mass is 35.5. The SMILES string of the molecule is CCN(c1ncc(CO)cc1Cl)C(C)COC. The maximum atomic E-state index is 9.01. The number of likely N-dealkylation sites (N-methyl/N-ethyl adjacent to an activating group) is 1. The van der Waals surface area contributed by atoms with Crippen LogP contribution in [0.2, 0.25) is 5.02 Å². The molecule has 0 bridgehead atoms. The van der Waals surface area contributed by atoms with Gasteiger partial charge in [-0.1, -0.05) is 11.6 Å². The third-order valence-electron chi connectivity index (χ3n) is 2.61. The zero-order chi connectivity index (χ0) is 12.8. The molecule has 5 heteroatoms. The number of hydrogen-bond acceptors (Lipinski definition) is 4. The van der Waals surface area contributed by atoms with Crippen LogP contribution in [0.4, 0.5) is 5.82 Å². The molecule has 0 saturated carbocycles. The highest BCUT2D eigenvalue weighted by Crippen LogP contribution is 2.25. The summed E-state index contributed by atoms with van der Waals surface area (Å²) in [6.45, 7) is 5.48. The predicted molar refractivity (Wildman–Crippen MR) is 69.5 cm³/mol. The highest BCUT2D eigenvalue weighted by Gasteiger charge is 2.16. The van der Waals surface area contributed by atoms with Crippen LogP contribution < -0.4 is 4.90 Å². The number of hydrogen-bond donors (Lipinski definition) is 1. The zero-order valence-electron chi connectivity index (χ0n) is 10.5. The molecule has 0 saturated heterocycles. The lowest BCUT2D eigenvalue weighted by Crippen LogP contribution is -2.36. The zero-order valence-corrected chi connectivity index (χ0v) is 11.2. The van der Waals surface area contributed by atoms with Crippen LogP contribution in [0, 0.1) is 0 Å². The van der Waals surface area contributed by atoms with Gasteiger partial charge >= 0.3 is 0 Å². The van der Waals surface area contributed by atoms with Gasteiger partial charge < -0.3 is 14.7 Å². The summed E-state index contributed by atoms with van der Waals surface area (Å²) < 4.78 is 5.14. The molecule has 17 heavy (non-hydrogen) atoms. The van der Waals surface area contributed by atoms with Gasteiger partial charge in [-0.2, -0.15) is 0 Å². The second-order valence-electron chi connectivity index (χ2n) is 3.90.